The Bertz CT molecular complexity index is 798. The minimum Gasteiger partial charge on any atom is -0.311 e. The second-order valence-electron chi connectivity index (χ2n) is 6.17. The van der Waals surface area contributed by atoms with Gasteiger partial charge in [-0.05, 0) is 37.8 Å². The first-order chi connectivity index (χ1) is 10.6. The molecule has 0 saturated carbocycles. The average molecular weight is 375 g/mol. The van der Waals surface area contributed by atoms with Gasteiger partial charge in [0, 0.05) is 25.2 Å². The molecule has 2 bridgehead atoms. The standard InChI is InChI=1S/C14H18N4O2S2.ClH/c1-18(11-7-9-5-6-10(8-11)15-9)22(19,20)13-4-2-3-12-14(13)17-21-16-12;/h2-4,9-11,15H,5-8H2,1H3;1H. The molecule has 0 radical (unpaired) electrons. The second-order valence-corrected chi connectivity index (χ2v) is 8.67. The summed E-state index contributed by atoms with van der Waals surface area (Å²) >= 11 is 1.05. The van der Waals surface area contributed by atoms with E-state index in [1.807, 2.05) is 0 Å². The lowest BCUT2D eigenvalue weighted by Gasteiger charge is -2.34. The predicted molar refractivity (Wildman–Crippen MR) is 92.6 cm³/mol. The van der Waals surface area contributed by atoms with Crippen LogP contribution in [0.25, 0.3) is 11.0 Å². The zero-order valence-electron chi connectivity index (χ0n) is 12.7. The number of rotatable bonds is 3. The molecule has 1 aromatic heterocycles. The molecule has 1 N–H and O–H groups in total. The maximum absolute atomic E-state index is 13.0. The molecule has 126 valence electrons. The van der Waals surface area contributed by atoms with Gasteiger partial charge in [-0.1, -0.05) is 6.07 Å². The van der Waals surface area contributed by atoms with Crippen LogP contribution in [0, 0.1) is 0 Å². The van der Waals surface area contributed by atoms with E-state index in [4.69, 9.17) is 0 Å². The van der Waals surface area contributed by atoms with Crippen molar-refractivity contribution >= 4 is 45.2 Å². The third kappa shape index (κ3) is 2.87. The Morgan fingerprint density at radius 1 is 1.22 bits per heavy atom. The van der Waals surface area contributed by atoms with Crippen molar-refractivity contribution in [2.75, 3.05) is 7.05 Å². The number of aromatic nitrogens is 2. The van der Waals surface area contributed by atoms with E-state index >= 15 is 0 Å². The van der Waals surface area contributed by atoms with Gasteiger partial charge < -0.3 is 5.32 Å². The third-order valence-corrected chi connectivity index (χ3v) is 7.35. The summed E-state index contributed by atoms with van der Waals surface area (Å²) in [4.78, 5) is 0.270. The Hall–Kier alpha value is -0.800. The average Bonchev–Trinajstić information content (AvgIpc) is 3.12. The van der Waals surface area contributed by atoms with Gasteiger partial charge in [0.05, 0.1) is 11.7 Å². The minimum atomic E-state index is -3.54. The van der Waals surface area contributed by atoms with Crippen molar-refractivity contribution < 1.29 is 8.42 Å². The summed E-state index contributed by atoms with van der Waals surface area (Å²) in [6.07, 6.45) is 4.08. The number of halogens is 1. The lowest BCUT2D eigenvalue weighted by Crippen LogP contribution is -2.48. The molecule has 1 aromatic carbocycles. The van der Waals surface area contributed by atoms with Gasteiger partial charge in [0.2, 0.25) is 10.0 Å². The Labute approximate surface area is 146 Å². The van der Waals surface area contributed by atoms with Gasteiger partial charge in [-0.2, -0.15) is 13.1 Å². The van der Waals surface area contributed by atoms with E-state index < -0.39 is 10.0 Å². The van der Waals surface area contributed by atoms with Crippen LogP contribution in [0.2, 0.25) is 0 Å². The molecular weight excluding hydrogens is 356 g/mol. The lowest BCUT2D eigenvalue weighted by atomic mass is 10.0. The van der Waals surface area contributed by atoms with Gasteiger partial charge in [-0.3, -0.25) is 0 Å². The molecule has 23 heavy (non-hydrogen) atoms. The fraction of sp³-hybridized carbons (Fsp3) is 0.571. The second kappa shape index (κ2) is 6.25. The highest BCUT2D eigenvalue weighted by Gasteiger charge is 2.39. The molecule has 3 heterocycles. The number of benzene rings is 1. The van der Waals surface area contributed by atoms with Gasteiger partial charge in [-0.25, -0.2) is 8.42 Å². The molecule has 2 aliphatic rings. The summed E-state index contributed by atoms with van der Waals surface area (Å²) in [6.45, 7) is 0. The molecule has 4 rings (SSSR count). The smallest absolute Gasteiger partial charge is 0.245 e. The van der Waals surface area contributed by atoms with Crippen LogP contribution in [0.3, 0.4) is 0 Å². The molecular formula is C14H19ClN4O2S2. The summed E-state index contributed by atoms with van der Waals surface area (Å²) in [5.41, 5.74) is 1.13. The van der Waals surface area contributed by atoms with Gasteiger partial charge in [0.25, 0.3) is 0 Å². The van der Waals surface area contributed by atoms with Crippen LogP contribution in [-0.4, -0.2) is 46.6 Å². The normalized spacial score (nSPS) is 27.3. The largest absolute Gasteiger partial charge is 0.311 e. The molecule has 2 fully saturated rings. The van der Waals surface area contributed by atoms with E-state index in [0.717, 1.165) is 37.4 Å². The van der Waals surface area contributed by atoms with E-state index in [-0.39, 0.29) is 23.3 Å². The summed E-state index contributed by atoms with van der Waals surface area (Å²) in [6, 6.07) is 6.13. The third-order valence-electron chi connectivity index (χ3n) is 4.87. The monoisotopic (exact) mass is 374 g/mol. The molecule has 2 aromatic rings. The van der Waals surface area contributed by atoms with Crippen LogP contribution >= 0.6 is 24.1 Å². The number of hydrogen-bond donors (Lipinski definition) is 1. The molecule has 2 unspecified atom stereocenters. The minimum absolute atomic E-state index is 0. The van der Waals surface area contributed by atoms with Crippen molar-refractivity contribution in [1.82, 2.24) is 18.4 Å². The quantitative estimate of drug-likeness (QED) is 0.889. The van der Waals surface area contributed by atoms with Crippen molar-refractivity contribution in [1.29, 1.82) is 0 Å². The molecule has 0 aliphatic carbocycles. The van der Waals surface area contributed by atoms with Gasteiger partial charge in [0.1, 0.15) is 15.9 Å². The summed E-state index contributed by atoms with van der Waals surface area (Å²) in [5.74, 6) is 0. The van der Waals surface area contributed by atoms with Crippen LogP contribution in [0.4, 0.5) is 0 Å². The Morgan fingerprint density at radius 3 is 2.61 bits per heavy atom. The van der Waals surface area contributed by atoms with Gasteiger partial charge in [0.15, 0.2) is 0 Å². The number of sulfonamides is 1. The van der Waals surface area contributed by atoms with E-state index in [9.17, 15) is 8.42 Å². The van der Waals surface area contributed by atoms with E-state index in [1.54, 1.807) is 29.6 Å². The van der Waals surface area contributed by atoms with Crippen molar-refractivity contribution in [3.8, 4) is 0 Å². The molecule has 2 atom stereocenters. The van der Waals surface area contributed by atoms with E-state index in [0.29, 0.717) is 23.1 Å². The van der Waals surface area contributed by atoms with Crippen LogP contribution in [0.1, 0.15) is 25.7 Å². The molecule has 9 heteroatoms. The van der Waals surface area contributed by atoms with E-state index in [2.05, 4.69) is 14.1 Å². The fourth-order valence-electron chi connectivity index (χ4n) is 3.67. The van der Waals surface area contributed by atoms with Crippen LogP contribution in [-0.2, 0) is 10.0 Å². The predicted octanol–water partition coefficient (Wildman–Crippen LogP) is 2.02. The fourth-order valence-corrected chi connectivity index (χ4v) is 5.79. The van der Waals surface area contributed by atoms with Crippen molar-refractivity contribution in [3.63, 3.8) is 0 Å². The van der Waals surface area contributed by atoms with Crippen LogP contribution in [0.15, 0.2) is 23.1 Å². The van der Waals surface area contributed by atoms with Crippen molar-refractivity contribution in [2.24, 2.45) is 0 Å². The lowest BCUT2D eigenvalue weighted by molar-refractivity contribution is 0.251. The summed E-state index contributed by atoms with van der Waals surface area (Å²) in [5, 5.41) is 3.55. The summed E-state index contributed by atoms with van der Waals surface area (Å²) < 4.78 is 35.9. The highest BCUT2D eigenvalue weighted by atomic mass is 35.5. The Morgan fingerprint density at radius 2 is 1.91 bits per heavy atom. The first-order valence-electron chi connectivity index (χ1n) is 7.51. The first-order valence-corrected chi connectivity index (χ1v) is 9.68. The maximum atomic E-state index is 13.0. The Balaban J connectivity index is 0.00000156. The highest BCUT2D eigenvalue weighted by Crippen LogP contribution is 2.32. The number of nitrogens with one attached hydrogen (secondary N) is 1. The number of piperidine rings is 1. The SMILES string of the molecule is CN(C1CC2CCC(C1)N2)S(=O)(=O)c1cccc2nsnc12.Cl. The molecule has 0 amide bonds. The van der Waals surface area contributed by atoms with Crippen molar-refractivity contribution in [2.45, 2.75) is 48.7 Å². The molecule has 2 saturated heterocycles. The van der Waals surface area contributed by atoms with Crippen LogP contribution in [0.5, 0.6) is 0 Å². The number of nitrogens with zero attached hydrogens (tertiary/aromatic N) is 3. The summed E-state index contributed by atoms with van der Waals surface area (Å²) in [7, 11) is -1.85. The number of fused-ring (bicyclic) bond motifs is 3. The maximum Gasteiger partial charge on any atom is 0.245 e. The Kier molecular flexibility index (Phi) is 4.63. The van der Waals surface area contributed by atoms with Crippen LogP contribution < -0.4 is 5.32 Å². The van der Waals surface area contributed by atoms with Gasteiger partial charge in [-0.15, -0.1) is 12.4 Å². The molecule has 0 spiro atoms. The first kappa shape index (κ1) is 17.0. The number of hydrogen-bond acceptors (Lipinski definition) is 6. The molecule has 6 nitrogen and oxygen atoms in total. The van der Waals surface area contributed by atoms with Gasteiger partial charge >= 0.3 is 0 Å². The zero-order valence-corrected chi connectivity index (χ0v) is 15.1. The highest BCUT2D eigenvalue weighted by molar-refractivity contribution is 7.89. The topological polar surface area (TPSA) is 75.2 Å². The molecule has 2 aliphatic heterocycles. The van der Waals surface area contributed by atoms with Crippen molar-refractivity contribution in [3.05, 3.63) is 18.2 Å². The van der Waals surface area contributed by atoms with E-state index in [1.165, 1.54) is 0 Å². The zero-order chi connectivity index (χ0) is 15.3.